The lowest BCUT2D eigenvalue weighted by atomic mass is 10.1. The van der Waals surface area contributed by atoms with E-state index in [0.717, 1.165) is 16.9 Å². The van der Waals surface area contributed by atoms with E-state index >= 15 is 0 Å². The van der Waals surface area contributed by atoms with Crippen LogP contribution in [0.3, 0.4) is 0 Å². The molecule has 2 N–H and O–H groups in total. The van der Waals surface area contributed by atoms with Gasteiger partial charge in [0.1, 0.15) is 0 Å². The number of hydrogen-bond acceptors (Lipinski definition) is 3. The fourth-order valence-corrected chi connectivity index (χ4v) is 0.488. The summed E-state index contributed by atoms with van der Waals surface area (Å²) in [5.74, 6) is -0.656. The topological polar surface area (TPSA) is 57.2 Å². The summed E-state index contributed by atoms with van der Waals surface area (Å²) in [6.45, 7) is 0. The first kappa shape index (κ1) is 7.11. The second-order valence-corrected chi connectivity index (χ2v) is 1.68. The third kappa shape index (κ3) is 1.49. The van der Waals surface area contributed by atoms with Gasteiger partial charge in [-0.3, -0.25) is 0 Å². The lowest BCUT2D eigenvalue weighted by Gasteiger charge is -1.90. The molecule has 0 aromatic carbocycles. The summed E-state index contributed by atoms with van der Waals surface area (Å²) in [6, 6.07) is 1.03. The van der Waals surface area contributed by atoms with Gasteiger partial charge in [0, 0.05) is 0 Å². The highest BCUT2D eigenvalue weighted by Crippen LogP contribution is 1.82. The highest BCUT2D eigenvalue weighted by atomic mass is 19.1. The van der Waals surface area contributed by atoms with E-state index in [0.29, 0.717) is 0 Å². The van der Waals surface area contributed by atoms with Crippen molar-refractivity contribution < 1.29 is 18.9 Å². The van der Waals surface area contributed by atoms with Gasteiger partial charge in [0.15, 0.2) is 0 Å². The maximum absolute atomic E-state index is 12.1. The van der Waals surface area contributed by atoms with Crippen LogP contribution in [0.15, 0.2) is 18.6 Å². The summed E-state index contributed by atoms with van der Waals surface area (Å²) in [4.78, 5) is 3.18. The van der Waals surface area contributed by atoms with Crippen molar-refractivity contribution in [2.24, 2.45) is 0 Å². The molecule has 0 saturated carbocycles. The van der Waals surface area contributed by atoms with Crippen molar-refractivity contribution in [3.05, 3.63) is 24.5 Å². The first-order valence-electron chi connectivity index (χ1n) is 2.58. The highest BCUT2D eigenvalue weighted by molar-refractivity contribution is 6.29. The Morgan fingerprint density at radius 3 is 2.70 bits per heavy atom. The summed E-state index contributed by atoms with van der Waals surface area (Å²) < 4.78 is 13.0. The highest BCUT2D eigenvalue weighted by Gasteiger charge is 2.18. The number of rotatable bonds is 1. The molecule has 0 atom stereocenters. The van der Waals surface area contributed by atoms with Crippen molar-refractivity contribution in [2.45, 2.75) is 0 Å². The lowest BCUT2D eigenvalue weighted by molar-refractivity contribution is -0.566. The van der Waals surface area contributed by atoms with Gasteiger partial charge in [-0.2, -0.15) is 4.39 Å². The molecule has 6 heteroatoms. The zero-order valence-corrected chi connectivity index (χ0v) is 4.98. The van der Waals surface area contributed by atoms with Crippen molar-refractivity contribution in [2.75, 3.05) is 0 Å². The second-order valence-electron chi connectivity index (χ2n) is 1.68. The Labute approximate surface area is 56.7 Å². The molecule has 0 aliphatic carbocycles. The summed E-state index contributed by atoms with van der Waals surface area (Å²) >= 11 is 0. The van der Waals surface area contributed by atoms with Gasteiger partial charge in [0.05, 0.1) is 12.3 Å². The molecule has 0 spiro atoms. The normalized spacial score (nSPS) is 9.50. The molecule has 0 fully saturated rings. The molecule has 4 nitrogen and oxygen atoms in total. The molecule has 0 radical (unpaired) electrons. The molecular formula is C4H5BFN2O2+. The Kier molecular flexibility index (Phi) is 1.93. The largest absolute Gasteiger partial charge is 0.720 e. The standard InChI is InChI=1S/C4H5BFN2O2/c6-4-1-2-8(3-7-4)5(9)10/h1-3,9-10H/q+1. The Bertz CT molecular complexity index is 215. The van der Waals surface area contributed by atoms with Gasteiger partial charge in [-0.15, -0.1) is 0 Å². The van der Waals surface area contributed by atoms with Crippen molar-refractivity contribution in [3.63, 3.8) is 0 Å². The van der Waals surface area contributed by atoms with E-state index in [1.165, 1.54) is 6.20 Å². The molecule has 0 bridgehead atoms. The van der Waals surface area contributed by atoms with E-state index in [1.807, 2.05) is 0 Å². The van der Waals surface area contributed by atoms with E-state index in [9.17, 15) is 4.39 Å². The SMILES string of the molecule is OB(O)[n+]1ccc(F)nc1. The van der Waals surface area contributed by atoms with Crippen LogP contribution in [0.4, 0.5) is 4.39 Å². The third-order valence-electron chi connectivity index (χ3n) is 0.965. The maximum atomic E-state index is 12.1. The fraction of sp³-hybridized carbons (Fsp3) is 0. The predicted octanol–water partition coefficient (Wildman–Crippen LogP) is -1.67. The lowest BCUT2D eigenvalue weighted by Crippen LogP contribution is -2.51. The van der Waals surface area contributed by atoms with Crippen molar-refractivity contribution in [1.29, 1.82) is 0 Å². The smallest absolute Gasteiger partial charge is 0.385 e. The van der Waals surface area contributed by atoms with Crippen LogP contribution in [0.5, 0.6) is 0 Å². The summed E-state index contributed by atoms with van der Waals surface area (Å²) in [7, 11) is -1.66. The van der Waals surface area contributed by atoms with Gasteiger partial charge in [0.2, 0.25) is 0 Å². The minimum Gasteiger partial charge on any atom is -0.385 e. The Morgan fingerprint density at radius 2 is 2.30 bits per heavy atom. The second kappa shape index (κ2) is 2.72. The molecule has 1 aromatic rings. The molecule has 0 amide bonds. The molecule has 10 heavy (non-hydrogen) atoms. The van der Waals surface area contributed by atoms with E-state index in [1.54, 1.807) is 0 Å². The number of hydrogen-bond donors (Lipinski definition) is 2. The molecular weight excluding hydrogens is 138 g/mol. The average molecular weight is 143 g/mol. The quantitative estimate of drug-likeness (QED) is 0.364. The molecule has 1 heterocycles. The molecule has 0 unspecified atom stereocenters. The van der Waals surface area contributed by atoms with Crippen LogP contribution in [0.2, 0.25) is 0 Å². The minimum absolute atomic E-state index is 0.656. The summed E-state index contributed by atoms with van der Waals surface area (Å²) in [5, 5.41) is 16.9. The zero-order valence-electron chi connectivity index (χ0n) is 4.98. The van der Waals surface area contributed by atoms with Crippen LogP contribution in [-0.2, 0) is 0 Å². The average Bonchev–Trinajstić information content (AvgIpc) is 1.88. The molecule has 0 aliphatic rings. The van der Waals surface area contributed by atoms with E-state index in [4.69, 9.17) is 10.0 Å². The maximum Gasteiger partial charge on any atom is 0.720 e. The van der Waals surface area contributed by atoms with Gasteiger partial charge in [-0.05, 0) is 4.98 Å². The van der Waals surface area contributed by atoms with E-state index in [-0.39, 0.29) is 0 Å². The van der Waals surface area contributed by atoms with Gasteiger partial charge in [0.25, 0.3) is 6.33 Å². The molecule has 52 valence electrons. The van der Waals surface area contributed by atoms with Gasteiger partial charge in [-0.1, -0.05) is 0 Å². The first-order valence-corrected chi connectivity index (χ1v) is 2.58. The van der Waals surface area contributed by atoms with Crippen LogP contribution in [0, 0.1) is 5.95 Å². The van der Waals surface area contributed by atoms with Crippen molar-refractivity contribution >= 4 is 7.25 Å². The minimum atomic E-state index is -1.66. The van der Waals surface area contributed by atoms with Crippen molar-refractivity contribution in [1.82, 2.24) is 4.98 Å². The van der Waals surface area contributed by atoms with Gasteiger partial charge in [-0.25, -0.2) is 4.48 Å². The van der Waals surface area contributed by atoms with Crippen molar-refractivity contribution in [3.8, 4) is 0 Å². The molecule has 1 aromatic heterocycles. The fourth-order valence-electron chi connectivity index (χ4n) is 0.488. The van der Waals surface area contributed by atoms with Crippen LogP contribution in [0.25, 0.3) is 0 Å². The molecule has 0 aliphatic heterocycles. The number of aromatic nitrogens is 2. The van der Waals surface area contributed by atoms with Crippen LogP contribution in [0.1, 0.15) is 0 Å². The number of halogens is 1. The van der Waals surface area contributed by atoms with E-state index < -0.39 is 13.2 Å². The molecule has 0 saturated heterocycles. The number of nitrogens with zero attached hydrogens (tertiary/aromatic N) is 2. The van der Waals surface area contributed by atoms with Crippen LogP contribution in [-0.4, -0.2) is 22.3 Å². The monoisotopic (exact) mass is 143 g/mol. The van der Waals surface area contributed by atoms with Gasteiger partial charge >= 0.3 is 13.2 Å². The van der Waals surface area contributed by atoms with Gasteiger partial charge < -0.3 is 10.0 Å². The summed E-state index contributed by atoms with van der Waals surface area (Å²) in [5.41, 5.74) is 0. The Hall–Kier alpha value is -1.01. The van der Waals surface area contributed by atoms with Crippen LogP contribution >= 0.6 is 0 Å². The Morgan fingerprint density at radius 1 is 1.60 bits per heavy atom. The molecule has 1 rings (SSSR count). The van der Waals surface area contributed by atoms with E-state index in [2.05, 4.69) is 4.98 Å². The first-order chi connectivity index (χ1) is 4.70. The third-order valence-corrected chi connectivity index (χ3v) is 0.965. The predicted molar refractivity (Wildman–Crippen MR) is 30.0 cm³/mol. The van der Waals surface area contributed by atoms with Crippen LogP contribution < -0.4 is 4.48 Å². The zero-order chi connectivity index (χ0) is 7.56. The summed E-state index contributed by atoms with van der Waals surface area (Å²) in [6.07, 6.45) is 2.16. The Balaban J connectivity index is 2.89.